The average molecular weight is 236 g/mol. The maximum Gasteiger partial charge on any atom is 0.222 e. The Hall–Kier alpha value is -1.65. The Balaban J connectivity index is 2.52. The summed E-state index contributed by atoms with van der Waals surface area (Å²) in [5, 5.41) is 5.78. The summed E-state index contributed by atoms with van der Waals surface area (Å²) < 4.78 is 0. The summed E-state index contributed by atoms with van der Waals surface area (Å²) in [5.74, 6) is 0.568. The SMILES string of the molecule is CC(=O)NCCNc1nccc(C(C)(C)C)n1. The van der Waals surface area contributed by atoms with Crippen molar-refractivity contribution >= 4 is 11.9 Å². The monoisotopic (exact) mass is 236 g/mol. The van der Waals surface area contributed by atoms with Crippen LogP contribution in [0.2, 0.25) is 0 Å². The third kappa shape index (κ3) is 4.80. The van der Waals surface area contributed by atoms with E-state index in [1.807, 2.05) is 6.07 Å². The first kappa shape index (κ1) is 13.4. The standard InChI is InChI=1S/C12H20N4O/c1-9(17)13-7-8-15-11-14-6-5-10(16-11)12(2,3)4/h5-6H,7-8H2,1-4H3,(H,13,17)(H,14,15,16). The van der Waals surface area contributed by atoms with E-state index in [4.69, 9.17) is 0 Å². The quantitative estimate of drug-likeness (QED) is 0.774. The summed E-state index contributed by atoms with van der Waals surface area (Å²) in [7, 11) is 0. The van der Waals surface area contributed by atoms with Crippen LogP contribution < -0.4 is 10.6 Å². The lowest BCUT2D eigenvalue weighted by atomic mass is 9.92. The Labute approximate surface area is 102 Å². The molecule has 0 fully saturated rings. The molecule has 0 aromatic carbocycles. The minimum atomic E-state index is -0.0313. The first-order chi connectivity index (χ1) is 7.89. The van der Waals surface area contributed by atoms with Crippen molar-refractivity contribution in [2.75, 3.05) is 18.4 Å². The largest absolute Gasteiger partial charge is 0.355 e. The fourth-order valence-electron chi connectivity index (χ4n) is 1.27. The van der Waals surface area contributed by atoms with E-state index in [-0.39, 0.29) is 11.3 Å². The number of carbonyl (C=O) groups is 1. The van der Waals surface area contributed by atoms with Crippen molar-refractivity contribution in [1.82, 2.24) is 15.3 Å². The molecule has 1 heterocycles. The first-order valence-electron chi connectivity index (χ1n) is 5.71. The highest BCUT2D eigenvalue weighted by Crippen LogP contribution is 2.19. The van der Waals surface area contributed by atoms with Gasteiger partial charge in [-0.05, 0) is 6.07 Å². The lowest BCUT2D eigenvalue weighted by molar-refractivity contribution is -0.118. The predicted octanol–water partition coefficient (Wildman–Crippen LogP) is 1.32. The second-order valence-electron chi connectivity index (χ2n) is 4.93. The van der Waals surface area contributed by atoms with E-state index in [1.165, 1.54) is 6.92 Å². The van der Waals surface area contributed by atoms with Crippen LogP contribution in [0.4, 0.5) is 5.95 Å². The van der Waals surface area contributed by atoms with Crippen LogP contribution in [0.3, 0.4) is 0 Å². The Morgan fingerprint density at radius 3 is 2.65 bits per heavy atom. The van der Waals surface area contributed by atoms with Crippen LogP contribution >= 0.6 is 0 Å². The van der Waals surface area contributed by atoms with Gasteiger partial charge in [0, 0.05) is 31.6 Å². The third-order valence-electron chi connectivity index (χ3n) is 2.21. The number of carbonyl (C=O) groups excluding carboxylic acids is 1. The normalized spacial score (nSPS) is 11.1. The molecule has 2 N–H and O–H groups in total. The summed E-state index contributed by atoms with van der Waals surface area (Å²) in [6, 6.07) is 1.92. The van der Waals surface area contributed by atoms with E-state index in [0.29, 0.717) is 19.0 Å². The molecule has 1 aromatic heterocycles. The topological polar surface area (TPSA) is 66.9 Å². The van der Waals surface area contributed by atoms with Gasteiger partial charge in [-0.1, -0.05) is 20.8 Å². The van der Waals surface area contributed by atoms with Gasteiger partial charge in [-0.15, -0.1) is 0 Å². The molecule has 5 heteroatoms. The van der Waals surface area contributed by atoms with Crippen molar-refractivity contribution in [3.8, 4) is 0 Å². The van der Waals surface area contributed by atoms with Crippen LogP contribution in [0, 0.1) is 0 Å². The van der Waals surface area contributed by atoms with E-state index >= 15 is 0 Å². The van der Waals surface area contributed by atoms with E-state index in [2.05, 4.69) is 41.4 Å². The Bertz CT molecular complexity index is 384. The van der Waals surface area contributed by atoms with E-state index in [1.54, 1.807) is 6.20 Å². The summed E-state index contributed by atoms with van der Waals surface area (Å²) >= 11 is 0. The van der Waals surface area contributed by atoms with Crippen LogP contribution in [-0.4, -0.2) is 29.0 Å². The molecule has 0 radical (unpaired) electrons. The lowest BCUT2D eigenvalue weighted by Crippen LogP contribution is -2.27. The van der Waals surface area contributed by atoms with Crippen molar-refractivity contribution in [2.24, 2.45) is 0 Å². The highest BCUT2D eigenvalue weighted by molar-refractivity contribution is 5.72. The van der Waals surface area contributed by atoms with Gasteiger partial charge in [0.1, 0.15) is 0 Å². The molecule has 17 heavy (non-hydrogen) atoms. The zero-order valence-corrected chi connectivity index (χ0v) is 10.9. The smallest absolute Gasteiger partial charge is 0.222 e. The minimum absolute atomic E-state index is 0.0109. The Morgan fingerprint density at radius 2 is 2.06 bits per heavy atom. The number of nitrogens with zero attached hydrogens (tertiary/aromatic N) is 2. The van der Waals surface area contributed by atoms with E-state index in [0.717, 1.165) is 5.69 Å². The van der Waals surface area contributed by atoms with Gasteiger partial charge in [-0.25, -0.2) is 9.97 Å². The molecule has 0 aliphatic carbocycles. The molecule has 0 aliphatic heterocycles. The molecule has 0 saturated heterocycles. The maximum atomic E-state index is 10.7. The van der Waals surface area contributed by atoms with Crippen molar-refractivity contribution < 1.29 is 4.79 Å². The van der Waals surface area contributed by atoms with Gasteiger partial charge in [0.15, 0.2) is 0 Å². The summed E-state index contributed by atoms with van der Waals surface area (Å²) in [4.78, 5) is 19.2. The number of aromatic nitrogens is 2. The second-order valence-corrected chi connectivity index (χ2v) is 4.93. The molecule has 0 aliphatic rings. The van der Waals surface area contributed by atoms with Crippen LogP contribution in [0.5, 0.6) is 0 Å². The van der Waals surface area contributed by atoms with Gasteiger partial charge >= 0.3 is 0 Å². The van der Waals surface area contributed by atoms with Crippen LogP contribution in [-0.2, 0) is 10.2 Å². The molecule has 1 rings (SSSR count). The summed E-state index contributed by atoms with van der Waals surface area (Å²) in [6.45, 7) is 9.01. The summed E-state index contributed by atoms with van der Waals surface area (Å²) in [6.07, 6.45) is 1.74. The predicted molar refractivity (Wildman–Crippen MR) is 67.9 cm³/mol. The zero-order valence-electron chi connectivity index (χ0n) is 10.9. The van der Waals surface area contributed by atoms with Gasteiger partial charge in [0.25, 0.3) is 0 Å². The molecule has 5 nitrogen and oxygen atoms in total. The first-order valence-corrected chi connectivity index (χ1v) is 5.71. The molecule has 0 atom stereocenters. The highest BCUT2D eigenvalue weighted by Gasteiger charge is 2.15. The van der Waals surface area contributed by atoms with Gasteiger partial charge in [-0.2, -0.15) is 0 Å². The van der Waals surface area contributed by atoms with Gasteiger partial charge in [0.2, 0.25) is 11.9 Å². The van der Waals surface area contributed by atoms with Gasteiger partial charge in [0.05, 0.1) is 5.69 Å². The van der Waals surface area contributed by atoms with Crippen molar-refractivity contribution in [1.29, 1.82) is 0 Å². The average Bonchev–Trinajstić information content (AvgIpc) is 2.23. The molecule has 1 aromatic rings. The number of hydrogen-bond donors (Lipinski definition) is 2. The van der Waals surface area contributed by atoms with Crippen LogP contribution in [0.25, 0.3) is 0 Å². The minimum Gasteiger partial charge on any atom is -0.355 e. The molecule has 0 spiro atoms. The highest BCUT2D eigenvalue weighted by atomic mass is 16.1. The van der Waals surface area contributed by atoms with Gasteiger partial charge < -0.3 is 10.6 Å². The van der Waals surface area contributed by atoms with E-state index < -0.39 is 0 Å². The van der Waals surface area contributed by atoms with Gasteiger partial charge in [-0.3, -0.25) is 4.79 Å². The molecular formula is C12H20N4O. The summed E-state index contributed by atoms with van der Waals surface area (Å²) in [5.41, 5.74) is 1.01. The number of rotatable bonds is 4. The molecular weight excluding hydrogens is 216 g/mol. The van der Waals surface area contributed by atoms with Crippen LogP contribution in [0.1, 0.15) is 33.4 Å². The van der Waals surface area contributed by atoms with Crippen molar-refractivity contribution in [3.63, 3.8) is 0 Å². The molecule has 0 unspecified atom stereocenters. The van der Waals surface area contributed by atoms with Crippen molar-refractivity contribution in [3.05, 3.63) is 18.0 Å². The fraction of sp³-hybridized carbons (Fsp3) is 0.583. The molecule has 0 saturated carbocycles. The number of nitrogens with one attached hydrogen (secondary N) is 2. The molecule has 94 valence electrons. The Morgan fingerprint density at radius 1 is 1.35 bits per heavy atom. The lowest BCUT2D eigenvalue weighted by Gasteiger charge is -2.18. The van der Waals surface area contributed by atoms with Crippen LogP contribution in [0.15, 0.2) is 12.3 Å². The third-order valence-corrected chi connectivity index (χ3v) is 2.21. The number of hydrogen-bond acceptors (Lipinski definition) is 4. The molecule has 0 bridgehead atoms. The van der Waals surface area contributed by atoms with Crippen molar-refractivity contribution in [2.45, 2.75) is 33.1 Å². The maximum absolute atomic E-state index is 10.7. The second kappa shape index (κ2) is 5.61. The Kier molecular flexibility index (Phi) is 4.43. The van der Waals surface area contributed by atoms with E-state index in [9.17, 15) is 4.79 Å². The number of anilines is 1. The zero-order chi connectivity index (χ0) is 12.9. The number of amides is 1. The molecule has 1 amide bonds. The fourth-order valence-corrected chi connectivity index (χ4v) is 1.27.